The van der Waals surface area contributed by atoms with Crippen LogP contribution in [0.2, 0.25) is 5.02 Å². The molecule has 0 radical (unpaired) electrons. The summed E-state index contributed by atoms with van der Waals surface area (Å²) in [4.78, 5) is 7.58. The zero-order valence-electron chi connectivity index (χ0n) is 10.2. The van der Waals surface area contributed by atoms with Gasteiger partial charge in [0.15, 0.2) is 11.6 Å². The van der Waals surface area contributed by atoms with Crippen molar-refractivity contribution in [1.82, 2.24) is 9.97 Å². The highest BCUT2D eigenvalue weighted by Gasteiger charge is 2.11. The summed E-state index contributed by atoms with van der Waals surface area (Å²) in [6, 6.07) is 7.15. The number of rotatable bonds is 4. The second-order valence-corrected chi connectivity index (χ2v) is 4.39. The minimum absolute atomic E-state index is 0.0791. The van der Waals surface area contributed by atoms with Crippen LogP contribution in [0.15, 0.2) is 30.5 Å². The van der Waals surface area contributed by atoms with Crippen molar-refractivity contribution in [2.75, 3.05) is 10.7 Å². The molecule has 0 amide bonds. The summed E-state index contributed by atoms with van der Waals surface area (Å²) in [7, 11) is 0. The van der Waals surface area contributed by atoms with E-state index >= 15 is 0 Å². The third-order valence-corrected chi connectivity index (χ3v) is 2.81. The summed E-state index contributed by atoms with van der Waals surface area (Å²) in [5, 5.41) is 3.57. The molecular formula is C12H13ClFN5. The quantitative estimate of drug-likeness (QED) is 0.593. The van der Waals surface area contributed by atoms with Crippen LogP contribution in [-0.4, -0.2) is 9.97 Å². The first kappa shape index (κ1) is 13.5. The lowest BCUT2D eigenvalue weighted by atomic mass is 10.1. The van der Waals surface area contributed by atoms with E-state index in [1.807, 2.05) is 19.1 Å². The molecule has 5 nitrogen and oxygen atoms in total. The Hall–Kier alpha value is -1.92. The molecule has 0 aliphatic rings. The molecule has 1 atom stereocenters. The van der Waals surface area contributed by atoms with E-state index in [4.69, 9.17) is 17.4 Å². The van der Waals surface area contributed by atoms with Crippen LogP contribution in [0.1, 0.15) is 18.5 Å². The molecule has 0 bridgehead atoms. The summed E-state index contributed by atoms with van der Waals surface area (Å²) in [5.41, 5.74) is 3.19. The normalized spacial score (nSPS) is 12.0. The fourth-order valence-corrected chi connectivity index (χ4v) is 1.80. The highest BCUT2D eigenvalue weighted by atomic mass is 35.5. The maximum absolute atomic E-state index is 13.6. The number of halogens is 2. The molecule has 0 spiro atoms. The van der Waals surface area contributed by atoms with Crippen molar-refractivity contribution in [2.45, 2.75) is 13.0 Å². The third kappa shape index (κ3) is 3.30. The summed E-state index contributed by atoms with van der Waals surface area (Å²) >= 11 is 5.92. The van der Waals surface area contributed by atoms with Crippen LogP contribution in [0.25, 0.3) is 0 Å². The average molecular weight is 282 g/mol. The number of benzene rings is 1. The van der Waals surface area contributed by atoms with Gasteiger partial charge in [-0.25, -0.2) is 15.2 Å². The van der Waals surface area contributed by atoms with Crippen LogP contribution in [0, 0.1) is 5.82 Å². The molecule has 100 valence electrons. The van der Waals surface area contributed by atoms with Crippen molar-refractivity contribution in [1.29, 1.82) is 0 Å². The second-order valence-electron chi connectivity index (χ2n) is 3.96. The van der Waals surface area contributed by atoms with Crippen molar-refractivity contribution in [2.24, 2.45) is 5.84 Å². The van der Waals surface area contributed by atoms with Crippen LogP contribution in [0.5, 0.6) is 0 Å². The standard InChI is InChI=1S/C12H13ClFN5/c1-7(8-3-2-4-9(13)5-8)17-11-10(14)6-16-12(18-11)19-15/h2-7H,15H2,1H3,(H2,16,17,18,19). The predicted molar refractivity (Wildman–Crippen MR) is 73.3 cm³/mol. The van der Waals surface area contributed by atoms with Gasteiger partial charge in [-0.1, -0.05) is 23.7 Å². The van der Waals surface area contributed by atoms with Gasteiger partial charge in [0, 0.05) is 5.02 Å². The van der Waals surface area contributed by atoms with Crippen LogP contribution < -0.4 is 16.6 Å². The Kier molecular flexibility index (Phi) is 4.13. The molecule has 1 heterocycles. The molecule has 1 aromatic carbocycles. The van der Waals surface area contributed by atoms with Gasteiger partial charge in [0.05, 0.1) is 12.2 Å². The van der Waals surface area contributed by atoms with Crippen molar-refractivity contribution >= 4 is 23.4 Å². The largest absolute Gasteiger partial charge is 0.361 e. The summed E-state index contributed by atoms with van der Waals surface area (Å²) in [6.07, 6.45) is 1.05. The Morgan fingerprint density at radius 2 is 2.21 bits per heavy atom. The molecule has 0 saturated carbocycles. The highest BCUT2D eigenvalue weighted by Crippen LogP contribution is 2.22. The van der Waals surface area contributed by atoms with Gasteiger partial charge < -0.3 is 5.32 Å². The fourth-order valence-electron chi connectivity index (χ4n) is 1.60. The predicted octanol–water partition coefficient (Wildman–Crippen LogP) is 2.73. The third-order valence-electron chi connectivity index (χ3n) is 2.58. The van der Waals surface area contributed by atoms with Crippen LogP contribution in [0.3, 0.4) is 0 Å². The Morgan fingerprint density at radius 3 is 2.89 bits per heavy atom. The zero-order chi connectivity index (χ0) is 13.8. The SMILES string of the molecule is CC(Nc1nc(NN)ncc1F)c1cccc(Cl)c1. The van der Waals surface area contributed by atoms with E-state index in [1.165, 1.54) is 0 Å². The lowest BCUT2D eigenvalue weighted by Crippen LogP contribution is -2.14. The van der Waals surface area contributed by atoms with E-state index in [2.05, 4.69) is 20.7 Å². The molecular weight excluding hydrogens is 269 g/mol. The van der Waals surface area contributed by atoms with Gasteiger partial charge in [0.2, 0.25) is 5.95 Å². The topological polar surface area (TPSA) is 75.9 Å². The highest BCUT2D eigenvalue weighted by molar-refractivity contribution is 6.30. The van der Waals surface area contributed by atoms with Gasteiger partial charge >= 0.3 is 0 Å². The molecule has 2 rings (SSSR count). The van der Waals surface area contributed by atoms with E-state index < -0.39 is 5.82 Å². The van der Waals surface area contributed by atoms with Crippen LogP contribution in [-0.2, 0) is 0 Å². The summed E-state index contributed by atoms with van der Waals surface area (Å²) in [6.45, 7) is 1.88. The van der Waals surface area contributed by atoms with E-state index in [0.717, 1.165) is 11.8 Å². The maximum Gasteiger partial charge on any atom is 0.239 e. The second kappa shape index (κ2) is 5.81. The Morgan fingerprint density at radius 1 is 1.42 bits per heavy atom. The van der Waals surface area contributed by atoms with Crippen molar-refractivity contribution in [3.63, 3.8) is 0 Å². The average Bonchev–Trinajstić information content (AvgIpc) is 2.41. The number of hydrogen-bond donors (Lipinski definition) is 3. The van der Waals surface area contributed by atoms with Gasteiger partial charge in [-0.3, -0.25) is 5.43 Å². The van der Waals surface area contributed by atoms with Gasteiger partial charge in [-0.15, -0.1) is 0 Å². The number of aromatic nitrogens is 2. The first-order valence-corrected chi connectivity index (χ1v) is 5.99. The number of hydrazine groups is 1. The molecule has 4 N–H and O–H groups in total. The molecule has 0 aliphatic heterocycles. The number of nitrogen functional groups attached to an aromatic ring is 1. The smallest absolute Gasteiger partial charge is 0.239 e. The maximum atomic E-state index is 13.6. The molecule has 0 aliphatic carbocycles. The van der Waals surface area contributed by atoms with Gasteiger partial charge in [0.25, 0.3) is 0 Å². The zero-order valence-corrected chi connectivity index (χ0v) is 10.9. The molecule has 0 saturated heterocycles. The summed E-state index contributed by atoms with van der Waals surface area (Å²) in [5.74, 6) is 4.86. The number of nitrogens with two attached hydrogens (primary N) is 1. The van der Waals surface area contributed by atoms with Crippen LogP contribution in [0.4, 0.5) is 16.2 Å². The molecule has 2 aromatic rings. The minimum atomic E-state index is -0.548. The Balaban J connectivity index is 2.21. The minimum Gasteiger partial charge on any atom is -0.361 e. The lowest BCUT2D eigenvalue weighted by molar-refractivity contribution is 0.614. The van der Waals surface area contributed by atoms with Gasteiger partial charge in [0.1, 0.15) is 0 Å². The first-order valence-electron chi connectivity index (χ1n) is 5.61. The van der Waals surface area contributed by atoms with Crippen molar-refractivity contribution < 1.29 is 4.39 Å². The van der Waals surface area contributed by atoms with E-state index in [0.29, 0.717) is 5.02 Å². The Bertz CT molecular complexity index is 578. The summed E-state index contributed by atoms with van der Waals surface area (Å²) < 4.78 is 13.6. The molecule has 1 unspecified atom stereocenters. The van der Waals surface area contributed by atoms with Gasteiger partial charge in [-0.2, -0.15) is 4.98 Å². The lowest BCUT2D eigenvalue weighted by Gasteiger charge is -2.16. The van der Waals surface area contributed by atoms with E-state index in [-0.39, 0.29) is 17.8 Å². The number of anilines is 2. The number of hydrogen-bond acceptors (Lipinski definition) is 5. The van der Waals surface area contributed by atoms with Crippen molar-refractivity contribution in [3.05, 3.63) is 46.9 Å². The van der Waals surface area contributed by atoms with E-state index in [1.54, 1.807) is 12.1 Å². The van der Waals surface area contributed by atoms with E-state index in [9.17, 15) is 4.39 Å². The Labute approximate surface area is 115 Å². The number of nitrogens with zero attached hydrogens (tertiary/aromatic N) is 2. The fraction of sp³-hybridized carbons (Fsp3) is 0.167. The molecule has 19 heavy (non-hydrogen) atoms. The van der Waals surface area contributed by atoms with Crippen LogP contribution >= 0.6 is 11.6 Å². The monoisotopic (exact) mass is 281 g/mol. The molecule has 1 aromatic heterocycles. The van der Waals surface area contributed by atoms with Crippen molar-refractivity contribution in [3.8, 4) is 0 Å². The first-order chi connectivity index (χ1) is 9.10. The molecule has 0 fully saturated rings. The molecule has 7 heteroatoms. The number of nitrogens with one attached hydrogen (secondary N) is 2. The van der Waals surface area contributed by atoms with Gasteiger partial charge in [-0.05, 0) is 24.6 Å².